The number of hydrogen-bond acceptors (Lipinski definition) is 7. The minimum absolute atomic E-state index is 0.0321. The molecule has 23 heavy (non-hydrogen) atoms. The molecule has 3 aromatic rings. The van der Waals surface area contributed by atoms with E-state index in [9.17, 15) is 4.79 Å². The second-order valence-electron chi connectivity index (χ2n) is 4.70. The molecule has 0 bridgehead atoms. The quantitative estimate of drug-likeness (QED) is 0.766. The monoisotopic (exact) mass is 330 g/mol. The molecule has 9 heteroatoms. The zero-order chi connectivity index (χ0) is 16.2. The summed E-state index contributed by atoms with van der Waals surface area (Å²) in [6.45, 7) is 1.89. The Labute approximate surface area is 136 Å². The molecule has 2 aromatic heterocycles. The molecule has 0 unspecified atom stereocenters. The van der Waals surface area contributed by atoms with Gasteiger partial charge in [-0.2, -0.15) is 4.80 Å². The van der Waals surface area contributed by atoms with E-state index in [0.29, 0.717) is 16.7 Å². The zero-order valence-electron chi connectivity index (χ0n) is 12.6. The van der Waals surface area contributed by atoms with Crippen LogP contribution in [0, 0.1) is 6.92 Å². The van der Waals surface area contributed by atoms with E-state index in [1.165, 1.54) is 16.1 Å². The molecule has 118 valence electrons. The number of aromatic nitrogens is 5. The number of aryl methyl sites for hydroxylation is 1. The maximum absolute atomic E-state index is 11.9. The van der Waals surface area contributed by atoms with Gasteiger partial charge in [-0.15, -0.1) is 21.5 Å². The Morgan fingerprint density at radius 2 is 2.30 bits per heavy atom. The van der Waals surface area contributed by atoms with Crippen LogP contribution in [0.3, 0.4) is 0 Å². The van der Waals surface area contributed by atoms with Gasteiger partial charge in [-0.3, -0.25) is 4.79 Å². The van der Waals surface area contributed by atoms with Crippen LogP contribution in [0.25, 0.3) is 11.4 Å². The number of anilines is 1. The smallest absolute Gasteiger partial charge is 0.249 e. The summed E-state index contributed by atoms with van der Waals surface area (Å²) in [7, 11) is 1.59. The normalized spacial score (nSPS) is 10.5. The van der Waals surface area contributed by atoms with Crippen LogP contribution < -0.4 is 10.1 Å². The summed E-state index contributed by atoms with van der Waals surface area (Å²) in [5, 5.41) is 15.3. The summed E-state index contributed by atoms with van der Waals surface area (Å²) in [5.74, 6) is 0.881. The first-order valence-electron chi connectivity index (χ1n) is 6.78. The lowest BCUT2D eigenvalue weighted by Crippen LogP contribution is -2.20. The molecule has 3 rings (SSSR count). The van der Waals surface area contributed by atoms with Gasteiger partial charge >= 0.3 is 0 Å². The molecule has 0 spiro atoms. The van der Waals surface area contributed by atoms with E-state index in [4.69, 9.17) is 4.74 Å². The Kier molecular flexibility index (Phi) is 4.29. The number of hydrogen-bond donors (Lipinski definition) is 1. The predicted molar refractivity (Wildman–Crippen MR) is 85.3 cm³/mol. The number of thiazole rings is 1. The molecule has 8 nitrogen and oxygen atoms in total. The fraction of sp³-hybridized carbons (Fsp3) is 0.214. The van der Waals surface area contributed by atoms with Crippen LogP contribution in [0.5, 0.6) is 5.75 Å². The number of rotatable bonds is 5. The Balaban J connectivity index is 1.68. The Bertz CT molecular complexity index is 828. The number of nitrogens with one attached hydrogen (secondary N) is 1. The molecule has 0 atom stereocenters. The molecule has 0 fully saturated rings. The van der Waals surface area contributed by atoms with Gasteiger partial charge in [0.1, 0.15) is 12.3 Å². The van der Waals surface area contributed by atoms with E-state index in [2.05, 4.69) is 25.7 Å². The second-order valence-corrected chi connectivity index (χ2v) is 5.93. The number of nitrogens with zero attached hydrogens (tertiary/aromatic N) is 5. The van der Waals surface area contributed by atoms with E-state index in [1.54, 1.807) is 19.4 Å². The van der Waals surface area contributed by atoms with Gasteiger partial charge in [-0.25, -0.2) is 4.98 Å². The lowest BCUT2D eigenvalue weighted by Gasteiger charge is -2.01. The fourth-order valence-corrected chi connectivity index (χ4v) is 2.57. The average Bonchev–Trinajstić information content (AvgIpc) is 3.16. The molecule has 0 saturated carbocycles. The molecule has 1 amide bonds. The van der Waals surface area contributed by atoms with Crippen molar-refractivity contribution in [3.8, 4) is 17.1 Å². The molecule has 2 heterocycles. The standard InChI is InChI=1S/C14H14N6O2S/c1-9-7-15-14(23-9)16-12(21)8-20-18-13(17-19-20)10-4-3-5-11(6-10)22-2/h3-7H,8H2,1-2H3,(H,15,16,21). The van der Waals surface area contributed by atoms with Crippen molar-refractivity contribution in [2.24, 2.45) is 0 Å². The molecule has 1 N–H and O–H groups in total. The van der Waals surface area contributed by atoms with E-state index >= 15 is 0 Å². The van der Waals surface area contributed by atoms with Crippen molar-refractivity contribution in [1.29, 1.82) is 0 Å². The Morgan fingerprint density at radius 1 is 1.43 bits per heavy atom. The third-order valence-electron chi connectivity index (χ3n) is 2.93. The second kappa shape index (κ2) is 6.53. The molecule has 0 aliphatic rings. The van der Waals surface area contributed by atoms with Gasteiger partial charge < -0.3 is 10.1 Å². The third-order valence-corrected chi connectivity index (χ3v) is 3.76. The van der Waals surface area contributed by atoms with Gasteiger partial charge in [-0.1, -0.05) is 12.1 Å². The van der Waals surface area contributed by atoms with Crippen LogP contribution in [0.4, 0.5) is 5.13 Å². The molecule has 0 aliphatic heterocycles. The van der Waals surface area contributed by atoms with Crippen molar-refractivity contribution in [1.82, 2.24) is 25.2 Å². The van der Waals surface area contributed by atoms with Crippen molar-refractivity contribution in [2.75, 3.05) is 12.4 Å². The Morgan fingerprint density at radius 3 is 3.04 bits per heavy atom. The third kappa shape index (κ3) is 3.69. The highest BCUT2D eigenvalue weighted by atomic mass is 32.1. The number of amides is 1. The van der Waals surface area contributed by atoms with E-state index in [-0.39, 0.29) is 12.5 Å². The van der Waals surface area contributed by atoms with Gasteiger partial charge in [0.2, 0.25) is 11.7 Å². The van der Waals surface area contributed by atoms with Gasteiger partial charge in [0.25, 0.3) is 0 Å². The highest BCUT2D eigenvalue weighted by molar-refractivity contribution is 7.15. The molecule has 0 saturated heterocycles. The minimum atomic E-state index is -0.256. The number of carbonyl (C=O) groups is 1. The van der Waals surface area contributed by atoms with Crippen LogP contribution in [-0.2, 0) is 11.3 Å². The molecular weight excluding hydrogens is 316 g/mol. The number of benzene rings is 1. The van der Waals surface area contributed by atoms with Crippen LogP contribution in [0.1, 0.15) is 4.88 Å². The summed E-state index contributed by atoms with van der Waals surface area (Å²) in [5.41, 5.74) is 0.770. The first kappa shape index (κ1) is 15.1. The van der Waals surface area contributed by atoms with E-state index in [1.807, 2.05) is 25.1 Å². The van der Waals surface area contributed by atoms with Crippen molar-refractivity contribution in [3.63, 3.8) is 0 Å². The maximum atomic E-state index is 11.9. The minimum Gasteiger partial charge on any atom is -0.497 e. The summed E-state index contributed by atoms with van der Waals surface area (Å²) in [4.78, 5) is 18.3. The van der Waals surface area contributed by atoms with Crippen molar-refractivity contribution in [3.05, 3.63) is 35.3 Å². The van der Waals surface area contributed by atoms with E-state index in [0.717, 1.165) is 10.4 Å². The Hall–Kier alpha value is -2.81. The van der Waals surface area contributed by atoms with E-state index < -0.39 is 0 Å². The fourth-order valence-electron chi connectivity index (χ4n) is 1.89. The summed E-state index contributed by atoms with van der Waals surface area (Å²) >= 11 is 1.41. The van der Waals surface area contributed by atoms with Gasteiger partial charge in [0, 0.05) is 16.6 Å². The summed E-state index contributed by atoms with van der Waals surface area (Å²) < 4.78 is 5.16. The SMILES string of the molecule is COc1cccc(-c2nnn(CC(=O)Nc3ncc(C)s3)n2)c1. The lowest BCUT2D eigenvalue weighted by molar-refractivity contribution is -0.117. The van der Waals surface area contributed by atoms with Crippen LogP contribution in [0.15, 0.2) is 30.5 Å². The largest absolute Gasteiger partial charge is 0.497 e. The topological polar surface area (TPSA) is 94.8 Å². The van der Waals surface area contributed by atoms with Crippen LogP contribution in [-0.4, -0.2) is 38.2 Å². The van der Waals surface area contributed by atoms with Gasteiger partial charge in [-0.05, 0) is 24.3 Å². The predicted octanol–water partition coefficient (Wildman–Crippen LogP) is 1.75. The first-order chi connectivity index (χ1) is 11.1. The average molecular weight is 330 g/mol. The number of ether oxygens (including phenoxy) is 1. The maximum Gasteiger partial charge on any atom is 0.249 e. The number of tetrazole rings is 1. The molecule has 1 aromatic carbocycles. The first-order valence-corrected chi connectivity index (χ1v) is 7.60. The van der Waals surface area contributed by atoms with Crippen LogP contribution >= 0.6 is 11.3 Å². The zero-order valence-corrected chi connectivity index (χ0v) is 13.4. The van der Waals surface area contributed by atoms with Crippen LogP contribution in [0.2, 0.25) is 0 Å². The number of carbonyl (C=O) groups excluding carboxylic acids is 1. The van der Waals surface area contributed by atoms with Crippen molar-refractivity contribution >= 4 is 22.4 Å². The van der Waals surface area contributed by atoms with Gasteiger partial charge in [0.05, 0.1) is 7.11 Å². The summed E-state index contributed by atoms with van der Waals surface area (Å²) in [6, 6.07) is 7.33. The highest BCUT2D eigenvalue weighted by Crippen LogP contribution is 2.20. The van der Waals surface area contributed by atoms with Crippen molar-refractivity contribution < 1.29 is 9.53 Å². The molecule has 0 radical (unpaired) electrons. The highest BCUT2D eigenvalue weighted by Gasteiger charge is 2.11. The lowest BCUT2D eigenvalue weighted by atomic mass is 10.2. The van der Waals surface area contributed by atoms with Gasteiger partial charge in [0.15, 0.2) is 5.13 Å². The molecular formula is C14H14N6O2S. The number of methoxy groups -OCH3 is 1. The van der Waals surface area contributed by atoms with Crippen molar-refractivity contribution in [2.45, 2.75) is 13.5 Å². The summed E-state index contributed by atoms with van der Waals surface area (Å²) in [6.07, 6.45) is 1.70. The molecule has 0 aliphatic carbocycles.